The summed E-state index contributed by atoms with van der Waals surface area (Å²) in [5, 5.41) is 19.0. The molecule has 1 aliphatic heterocycles. The zero-order chi connectivity index (χ0) is 19.6. The van der Waals surface area contributed by atoms with Gasteiger partial charge in [0.15, 0.2) is 5.69 Å². The lowest BCUT2D eigenvalue weighted by molar-refractivity contribution is 0.0733. The first-order chi connectivity index (χ1) is 13.5. The zero-order valence-corrected chi connectivity index (χ0v) is 15.7. The van der Waals surface area contributed by atoms with Crippen LogP contribution in [0, 0.1) is 0 Å². The molecule has 0 atom stereocenters. The van der Waals surface area contributed by atoms with Gasteiger partial charge >= 0.3 is 10.2 Å². The molecule has 4 rings (SSSR count). The number of benzene rings is 2. The molecule has 1 aromatic heterocycles. The smallest absolute Gasteiger partial charge is 0.301 e. The number of ether oxygens (including phenoxy) is 1. The molecule has 0 bridgehead atoms. The van der Waals surface area contributed by atoms with E-state index in [-0.39, 0.29) is 5.88 Å². The number of anilines is 1. The highest BCUT2D eigenvalue weighted by atomic mass is 32.2. The van der Waals surface area contributed by atoms with Crippen LogP contribution in [0.25, 0.3) is 10.9 Å². The van der Waals surface area contributed by atoms with E-state index in [1.165, 1.54) is 4.31 Å². The number of para-hydroxylation sites is 1. The molecule has 0 amide bonds. The summed E-state index contributed by atoms with van der Waals surface area (Å²) in [6.07, 6.45) is 0. The average Bonchev–Trinajstić information content (AvgIpc) is 3.03. The summed E-state index contributed by atoms with van der Waals surface area (Å²) in [6, 6.07) is 13.9. The monoisotopic (exact) mass is 401 g/mol. The van der Waals surface area contributed by atoms with Gasteiger partial charge in [-0.1, -0.05) is 18.2 Å². The van der Waals surface area contributed by atoms with Gasteiger partial charge < -0.3 is 14.8 Å². The van der Waals surface area contributed by atoms with Crippen molar-refractivity contribution in [2.45, 2.75) is 0 Å². The second-order valence-electron chi connectivity index (χ2n) is 6.23. The zero-order valence-electron chi connectivity index (χ0n) is 14.9. The molecule has 0 radical (unpaired) electrons. The minimum atomic E-state index is -3.61. The third kappa shape index (κ3) is 3.84. The summed E-state index contributed by atoms with van der Waals surface area (Å²) >= 11 is 0. The topological polar surface area (TPSA) is 119 Å². The molecule has 1 fully saturated rings. The molecular weight excluding hydrogens is 382 g/mol. The first kappa shape index (κ1) is 18.4. The van der Waals surface area contributed by atoms with E-state index in [0.29, 0.717) is 43.4 Å². The number of nitrogens with zero attached hydrogens (tertiary/aromatic N) is 3. The maximum Gasteiger partial charge on any atom is 0.301 e. The molecule has 1 saturated heterocycles. The highest BCUT2D eigenvalue weighted by Gasteiger charge is 2.24. The summed E-state index contributed by atoms with van der Waals surface area (Å²) in [5.41, 5.74) is 2.08. The molecule has 3 N–H and O–H groups in total. The summed E-state index contributed by atoms with van der Waals surface area (Å²) < 4.78 is 33.8. The molecule has 3 aromatic rings. The van der Waals surface area contributed by atoms with Crippen molar-refractivity contribution in [3.63, 3.8) is 0 Å². The maximum absolute atomic E-state index is 12.4. The van der Waals surface area contributed by atoms with Crippen LogP contribution >= 0.6 is 0 Å². The van der Waals surface area contributed by atoms with Crippen LogP contribution in [0.2, 0.25) is 0 Å². The number of azo groups is 1. The van der Waals surface area contributed by atoms with Gasteiger partial charge in [-0.15, -0.1) is 5.11 Å². The Morgan fingerprint density at radius 1 is 1.04 bits per heavy atom. The predicted molar refractivity (Wildman–Crippen MR) is 106 cm³/mol. The third-order valence-corrected chi connectivity index (χ3v) is 5.89. The minimum Gasteiger partial charge on any atom is -0.493 e. The van der Waals surface area contributed by atoms with E-state index in [9.17, 15) is 13.5 Å². The molecule has 2 heterocycles. The van der Waals surface area contributed by atoms with E-state index in [1.807, 2.05) is 24.3 Å². The Bertz CT molecular complexity index is 1100. The standard InChI is InChI=1S/C18H19N5O4S/c24-18-17(15-3-1-2-4-16(15)19-18)21-20-13-5-7-14(8-6-13)22-28(25,26)23-9-11-27-12-10-23/h1-8,19,22,24H,9-12H2. The fraction of sp³-hybridized carbons (Fsp3) is 0.222. The normalized spacial score (nSPS) is 16.0. The van der Waals surface area contributed by atoms with E-state index >= 15 is 0 Å². The van der Waals surface area contributed by atoms with Crippen LogP contribution in [-0.4, -0.2) is 49.1 Å². The van der Waals surface area contributed by atoms with Gasteiger partial charge in [0.25, 0.3) is 0 Å². The highest BCUT2D eigenvalue weighted by Crippen LogP contribution is 2.36. The second kappa shape index (κ2) is 7.58. The summed E-state index contributed by atoms with van der Waals surface area (Å²) in [4.78, 5) is 2.84. The van der Waals surface area contributed by atoms with Gasteiger partial charge in [-0.3, -0.25) is 4.72 Å². The van der Waals surface area contributed by atoms with Crippen LogP contribution in [0.15, 0.2) is 58.8 Å². The molecule has 28 heavy (non-hydrogen) atoms. The molecule has 9 nitrogen and oxygen atoms in total. The lowest BCUT2D eigenvalue weighted by atomic mass is 10.2. The number of aromatic amines is 1. The predicted octanol–water partition coefficient (Wildman–Crippen LogP) is 3.28. The Kier molecular flexibility index (Phi) is 4.99. The Labute approximate surface area is 161 Å². The number of hydrogen-bond acceptors (Lipinski definition) is 6. The number of rotatable bonds is 5. The van der Waals surface area contributed by atoms with Crippen LogP contribution in [0.1, 0.15) is 0 Å². The first-order valence-electron chi connectivity index (χ1n) is 8.70. The minimum absolute atomic E-state index is 0.0557. The summed E-state index contributed by atoms with van der Waals surface area (Å²) in [7, 11) is -3.61. The molecule has 2 aromatic carbocycles. The van der Waals surface area contributed by atoms with Crippen molar-refractivity contribution >= 4 is 38.2 Å². The van der Waals surface area contributed by atoms with Crippen LogP contribution in [0.4, 0.5) is 17.1 Å². The Morgan fingerprint density at radius 2 is 1.75 bits per heavy atom. The Balaban J connectivity index is 1.49. The second-order valence-corrected chi connectivity index (χ2v) is 7.90. The molecule has 0 spiro atoms. The number of morpholine rings is 1. The van der Waals surface area contributed by atoms with Crippen molar-refractivity contribution in [3.05, 3.63) is 48.5 Å². The van der Waals surface area contributed by atoms with E-state index < -0.39 is 10.2 Å². The van der Waals surface area contributed by atoms with Gasteiger partial charge in [-0.25, -0.2) is 0 Å². The number of aromatic hydroxyl groups is 1. The van der Waals surface area contributed by atoms with E-state index in [0.717, 1.165) is 10.9 Å². The molecular formula is C18H19N5O4S. The Hall–Kier alpha value is -2.95. The molecule has 0 aliphatic carbocycles. The lowest BCUT2D eigenvalue weighted by Gasteiger charge is -2.26. The van der Waals surface area contributed by atoms with Crippen molar-refractivity contribution < 1.29 is 18.3 Å². The van der Waals surface area contributed by atoms with Crippen molar-refractivity contribution in [3.8, 4) is 5.88 Å². The van der Waals surface area contributed by atoms with Gasteiger partial charge in [0.2, 0.25) is 5.88 Å². The molecule has 1 aliphatic rings. The third-order valence-electron chi connectivity index (χ3n) is 4.35. The van der Waals surface area contributed by atoms with Crippen LogP contribution in [-0.2, 0) is 14.9 Å². The molecule has 146 valence electrons. The van der Waals surface area contributed by atoms with Crippen LogP contribution in [0.5, 0.6) is 5.88 Å². The van der Waals surface area contributed by atoms with Gasteiger partial charge in [0.1, 0.15) is 0 Å². The molecule has 0 unspecified atom stereocenters. The van der Waals surface area contributed by atoms with Crippen molar-refractivity contribution in [1.82, 2.24) is 9.29 Å². The number of fused-ring (bicyclic) bond motifs is 1. The maximum atomic E-state index is 12.4. The van der Waals surface area contributed by atoms with E-state index in [2.05, 4.69) is 19.9 Å². The lowest BCUT2D eigenvalue weighted by Crippen LogP contribution is -2.43. The van der Waals surface area contributed by atoms with E-state index in [4.69, 9.17) is 4.74 Å². The van der Waals surface area contributed by atoms with E-state index in [1.54, 1.807) is 24.3 Å². The average molecular weight is 401 g/mol. The van der Waals surface area contributed by atoms with Crippen molar-refractivity contribution in [2.75, 3.05) is 31.0 Å². The number of nitrogens with one attached hydrogen (secondary N) is 2. The number of hydrogen-bond donors (Lipinski definition) is 3. The van der Waals surface area contributed by atoms with Crippen LogP contribution in [0.3, 0.4) is 0 Å². The fourth-order valence-electron chi connectivity index (χ4n) is 2.92. The number of H-pyrrole nitrogens is 1. The molecule has 0 saturated carbocycles. The van der Waals surface area contributed by atoms with Crippen LogP contribution < -0.4 is 4.72 Å². The summed E-state index contributed by atoms with van der Waals surface area (Å²) in [5.74, 6) is -0.0557. The van der Waals surface area contributed by atoms with Crippen molar-refractivity contribution in [2.24, 2.45) is 10.2 Å². The van der Waals surface area contributed by atoms with Gasteiger partial charge in [-0.05, 0) is 30.3 Å². The largest absolute Gasteiger partial charge is 0.493 e. The van der Waals surface area contributed by atoms with Gasteiger partial charge in [0, 0.05) is 24.2 Å². The number of aromatic nitrogens is 1. The Morgan fingerprint density at radius 3 is 2.50 bits per heavy atom. The molecule has 10 heteroatoms. The van der Waals surface area contributed by atoms with Gasteiger partial charge in [-0.2, -0.15) is 17.8 Å². The fourth-order valence-corrected chi connectivity index (χ4v) is 4.11. The first-order valence-corrected chi connectivity index (χ1v) is 10.1. The highest BCUT2D eigenvalue weighted by molar-refractivity contribution is 7.90. The SMILES string of the molecule is O=S(=O)(Nc1ccc(N=Nc2c(O)[nH]c3ccccc23)cc1)N1CCOCC1. The quantitative estimate of drug-likeness (QED) is 0.568. The van der Waals surface area contributed by atoms with Crippen molar-refractivity contribution in [1.29, 1.82) is 0 Å². The van der Waals surface area contributed by atoms with Gasteiger partial charge in [0.05, 0.1) is 24.4 Å². The summed E-state index contributed by atoms with van der Waals surface area (Å²) in [6.45, 7) is 1.44.